The fourth-order valence-corrected chi connectivity index (χ4v) is 1.93. The van der Waals surface area contributed by atoms with E-state index in [2.05, 4.69) is 4.99 Å². The van der Waals surface area contributed by atoms with Gasteiger partial charge in [-0.25, -0.2) is 0 Å². The molecule has 0 aromatic heterocycles. The van der Waals surface area contributed by atoms with Crippen molar-refractivity contribution in [3.8, 4) is 0 Å². The van der Waals surface area contributed by atoms with Crippen LogP contribution in [0, 0.1) is 0 Å². The van der Waals surface area contributed by atoms with E-state index in [1.807, 2.05) is 0 Å². The molecule has 0 radical (unpaired) electrons. The third kappa shape index (κ3) is 2.35. The molecule has 6 heteroatoms. The Kier molecular flexibility index (Phi) is 4.67. The summed E-state index contributed by atoms with van der Waals surface area (Å²) in [5.74, 6) is 0. The lowest BCUT2D eigenvalue weighted by molar-refractivity contribution is -0.272. The molecule has 0 aromatic rings. The number of hydrogen-bond donors (Lipinski definition) is 3. The number of rotatable bonds is 6. The molecule has 1 heterocycles. The predicted molar refractivity (Wildman–Crippen MR) is 59.2 cm³/mol. The highest BCUT2D eigenvalue weighted by Crippen LogP contribution is 2.35. The van der Waals surface area contributed by atoms with Gasteiger partial charge < -0.3 is 25.0 Å². The van der Waals surface area contributed by atoms with Crippen molar-refractivity contribution in [3.63, 3.8) is 0 Å². The number of aliphatic imine (C=N–C) groups is 1. The molecule has 1 fully saturated rings. The van der Waals surface area contributed by atoms with E-state index in [0.717, 1.165) is 0 Å². The Balaban J connectivity index is 2.71. The van der Waals surface area contributed by atoms with Crippen molar-refractivity contribution in [2.45, 2.75) is 30.8 Å². The highest BCUT2D eigenvalue weighted by Gasteiger charge is 2.52. The van der Waals surface area contributed by atoms with Crippen molar-refractivity contribution in [3.05, 3.63) is 0 Å². The lowest BCUT2D eigenvalue weighted by atomic mass is 9.84. The van der Waals surface area contributed by atoms with Crippen LogP contribution in [0.25, 0.3) is 0 Å². The first-order valence-corrected chi connectivity index (χ1v) is 5.33. The number of likely N-dealkylation sites (N-methyl/N-ethyl adjacent to an activating group) is 1. The van der Waals surface area contributed by atoms with Crippen LogP contribution < -0.4 is 0 Å². The minimum absolute atomic E-state index is 0.134. The van der Waals surface area contributed by atoms with Crippen molar-refractivity contribution in [2.24, 2.45) is 4.99 Å². The third-order valence-electron chi connectivity index (χ3n) is 2.95. The van der Waals surface area contributed by atoms with Gasteiger partial charge in [-0.3, -0.25) is 4.99 Å². The maximum absolute atomic E-state index is 10.1. The standard InChI is InChI=1S/C10H20N2O4/c1-11-7-12(2)9(15)10(4-6-16-10)8(14)3-5-13/h7-9,13-15H,3-6H2,1-2H3. The number of ether oxygens (including phenoxy) is 1. The van der Waals surface area contributed by atoms with Crippen LogP contribution in [-0.4, -0.2) is 71.8 Å². The maximum atomic E-state index is 10.1. The summed E-state index contributed by atoms with van der Waals surface area (Å²) in [6, 6.07) is 0. The molecule has 16 heavy (non-hydrogen) atoms. The molecule has 3 N–H and O–H groups in total. The summed E-state index contributed by atoms with van der Waals surface area (Å²) in [6.45, 7) is 0.376. The highest BCUT2D eigenvalue weighted by molar-refractivity contribution is 5.54. The van der Waals surface area contributed by atoms with Gasteiger partial charge in [0.05, 0.1) is 19.0 Å². The van der Waals surface area contributed by atoms with Crippen LogP contribution in [0.1, 0.15) is 12.8 Å². The van der Waals surface area contributed by atoms with E-state index in [0.29, 0.717) is 13.0 Å². The summed E-state index contributed by atoms with van der Waals surface area (Å²) < 4.78 is 5.35. The molecule has 1 saturated heterocycles. The fourth-order valence-electron chi connectivity index (χ4n) is 1.93. The Hall–Kier alpha value is -0.690. The van der Waals surface area contributed by atoms with E-state index in [1.165, 1.54) is 11.2 Å². The summed E-state index contributed by atoms with van der Waals surface area (Å²) in [6.07, 6.45) is 0.381. The second-order valence-corrected chi connectivity index (χ2v) is 3.99. The monoisotopic (exact) mass is 232 g/mol. The average Bonchev–Trinajstić information content (AvgIpc) is 2.16. The number of hydrogen-bond acceptors (Lipinski definition) is 5. The van der Waals surface area contributed by atoms with Crippen LogP contribution in [-0.2, 0) is 4.74 Å². The maximum Gasteiger partial charge on any atom is 0.159 e. The lowest BCUT2D eigenvalue weighted by Gasteiger charge is -2.50. The van der Waals surface area contributed by atoms with Gasteiger partial charge in [-0.2, -0.15) is 0 Å². The molecule has 0 spiro atoms. The van der Waals surface area contributed by atoms with Crippen LogP contribution in [0.4, 0.5) is 0 Å². The zero-order valence-electron chi connectivity index (χ0n) is 9.70. The van der Waals surface area contributed by atoms with Gasteiger partial charge in [0.2, 0.25) is 0 Å². The van der Waals surface area contributed by atoms with Gasteiger partial charge in [-0.1, -0.05) is 0 Å². The number of aliphatic hydroxyl groups excluding tert-OH is 3. The summed E-state index contributed by atoms with van der Waals surface area (Å²) in [5, 5.41) is 28.8. The van der Waals surface area contributed by atoms with Gasteiger partial charge in [-0.15, -0.1) is 0 Å². The molecule has 94 valence electrons. The van der Waals surface area contributed by atoms with Gasteiger partial charge in [0.15, 0.2) is 6.23 Å². The summed E-state index contributed by atoms with van der Waals surface area (Å²) in [4.78, 5) is 5.27. The SMILES string of the molecule is CN=CN(C)C(O)C1(C(O)CCO)CCO1. The van der Waals surface area contributed by atoms with Crippen molar-refractivity contribution < 1.29 is 20.1 Å². The van der Waals surface area contributed by atoms with Crippen LogP contribution in [0.2, 0.25) is 0 Å². The second-order valence-electron chi connectivity index (χ2n) is 3.99. The highest BCUT2D eigenvalue weighted by atomic mass is 16.6. The molecule has 1 rings (SSSR count). The summed E-state index contributed by atoms with van der Waals surface area (Å²) in [5.41, 5.74) is -1.00. The quantitative estimate of drug-likeness (QED) is 0.304. The topological polar surface area (TPSA) is 85.5 Å². The molecule has 1 aliphatic rings. The van der Waals surface area contributed by atoms with Gasteiger partial charge >= 0.3 is 0 Å². The van der Waals surface area contributed by atoms with Gasteiger partial charge in [0.25, 0.3) is 0 Å². The Bertz CT molecular complexity index is 243. The van der Waals surface area contributed by atoms with E-state index in [4.69, 9.17) is 9.84 Å². The molecule has 3 unspecified atom stereocenters. The molecule has 0 bridgehead atoms. The van der Waals surface area contributed by atoms with E-state index in [-0.39, 0.29) is 13.0 Å². The lowest BCUT2D eigenvalue weighted by Crippen LogP contribution is -2.65. The first kappa shape index (κ1) is 13.4. The van der Waals surface area contributed by atoms with Crippen LogP contribution in [0.15, 0.2) is 4.99 Å². The minimum atomic E-state index is -1.00. The Labute approximate surface area is 95.2 Å². The number of aliphatic hydroxyl groups is 3. The fraction of sp³-hybridized carbons (Fsp3) is 0.900. The molecule has 0 aliphatic carbocycles. The Morgan fingerprint density at radius 3 is 2.56 bits per heavy atom. The predicted octanol–water partition coefficient (Wildman–Crippen LogP) is -1.20. The zero-order valence-corrected chi connectivity index (χ0v) is 9.70. The number of nitrogens with zero attached hydrogens (tertiary/aromatic N) is 2. The average molecular weight is 232 g/mol. The molecule has 0 aromatic carbocycles. The van der Waals surface area contributed by atoms with E-state index < -0.39 is 17.9 Å². The molecular weight excluding hydrogens is 212 g/mol. The van der Waals surface area contributed by atoms with E-state index in [9.17, 15) is 10.2 Å². The van der Waals surface area contributed by atoms with E-state index in [1.54, 1.807) is 14.1 Å². The van der Waals surface area contributed by atoms with Crippen molar-refractivity contribution in [2.75, 3.05) is 27.3 Å². The molecule has 1 aliphatic heterocycles. The first-order chi connectivity index (χ1) is 7.58. The molecule has 0 amide bonds. The van der Waals surface area contributed by atoms with Crippen LogP contribution in [0.5, 0.6) is 0 Å². The van der Waals surface area contributed by atoms with Crippen LogP contribution >= 0.6 is 0 Å². The second kappa shape index (κ2) is 5.58. The molecular formula is C10H20N2O4. The van der Waals surface area contributed by atoms with Gasteiger partial charge in [0, 0.05) is 27.1 Å². The Morgan fingerprint density at radius 2 is 2.19 bits per heavy atom. The van der Waals surface area contributed by atoms with Crippen LogP contribution in [0.3, 0.4) is 0 Å². The third-order valence-corrected chi connectivity index (χ3v) is 2.95. The van der Waals surface area contributed by atoms with Crippen molar-refractivity contribution >= 4 is 6.34 Å². The van der Waals surface area contributed by atoms with Gasteiger partial charge in [-0.05, 0) is 6.42 Å². The van der Waals surface area contributed by atoms with E-state index >= 15 is 0 Å². The Morgan fingerprint density at radius 1 is 1.56 bits per heavy atom. The van der Waals surface area contributed by atoms with Crippen molar-refractivity contribution in [1.82, 2.24) is 4.90 Å². The smallest absolute Gasteiger partial charge is 0.159 e. The zero-order chi connectivity index (χ0) is 12.2. The first-order valence-electron chi connectivity index (χ1n) is 5.33. The summed E-state index contributed by atoms with van der Waals surface area (Å²) in [7, 11) is 3.26. The molecule has 0 saturated carbocycles. The van der Waals surface area contributed by atoms with Gasteiger partial charge in [0.1, 0.15) is 5.60 Å². The minimum Gasteiger partial charge on any atom is -0.396 e. The molecule has 3 atom stereocenters. The largest absolute Gasteiger partial charge is 0.396 e. The summed E-state index contributed by atoms with van der Waals surface area (Å²) >= 11 is 0. The molecule has 6 nitrogen and oxygen atoms in total. The van der Waals surface area contributed by atoms with Crippen molar-refractivity contribution in [1.29, 1.82) is 0 Å². The normalized spacial score (nSPS) is 28.8.